The lowest BCUT2D eigenvalue weighted by Crippen LogP contribution is -2.51. The van der Waals surface area contributed by atoms with Crippen molar-refractivity contribution in [2.75, 3.05) is 0 Å². The Morgan fingerprint density at radius 3 is 2.30 bits per heavy atom. The summed E-state index contributed by atoms with van der Waals surface area (Å²) in [4.78, 5) is 12.2. The third-order valence-electron chi connectivity index (χ3n) is 12.0. The number of rotatable bonds is 9. The van der Waals surface area contributed by atoms with Crippen molar-refractivity contribution in [1.82, 2.24) is 0 Å². The number of aliphatic hydroxyl groups excluding tert-OH is 1. The fourth-order valence-electron chi connectivity index (χ4n) is 9.16. The number of fused-ring (bicyclic) bond motifs is 5. The topological polar surface area (TPSA) is 55.8 Å². The van der Waals surface area contributed by atoms with Gasteiger partial charge in [-0.1, -0.05) is 79.4 Å². The van der Waals surface area contributed by atoms with Crippen LogP contribution in [0, 0.1) is 46.3 Å². The highest BCUT2D eigenvalue weighted by Crippen LogP contribution is 2.67. The van der Waals surface area contributed by atoms with Crippen LogP contribution in [-0.2, 0) is 9.47 Å². The molecule has 0 saturated heterocycles. The van der Waals surface area contributed by atoms with Gasteiger partial charge in [0.2, 0.25) is 0 Å². The van der Waals surface area contributed by atoms with E-state index in [0.717, 1.165) is 67.6 Å². The second-order valence-corrected chi connectivity index (χ2v) is 15.1. The number of aliphatic hydroxyl groups is 1. The molecule has 0 spiro atoms. The van der Waals surface area contributed by atoms with E-state index in [2.05, 4.69) is 40.7 Å². The predicted octanol–water partition coefficient (Wildman–Crippen LogP) is 10.1. The lowest BCUT2D eigenvalue weighted by Gasteiger charge is -2.58. The van der Waals surface area contributed by atoms with E-state index >= 15 is 0 Å². The van der Waals surface area contributed by atoms with Crippen molar-refractivity contribution in [3.05, 3.63) is 11.6 Å². The standard InChI is InChI=1S/C32H54O3.C4H10O/c1-8-23(5)34-30(33)35-25-16-18-31(6)24(20-25)12-13-26-28-15-14-27(22(4)11-9-10-21(2)3)32(28,7)19-17-29(26)31;1-3-4(2)5/h12,21-23,25-29H,8-11,13-20H2,1-7H3;4-5H,3H2,1-2H3. The molecular formula is C36H64O4. The molecule has 0 heterocycles. The van der Waals surface area contributed by atoms with Gasteiger partial charge in [0.1, 0.15) is 12.2 Å². The molecule has 4 aliphatic rings. The molecule has 10 atom stereocenters. The van der Waals surface area contributed by atoms with Gasteiger partial charge in [0.25, 0.3) is 0 Å². The van der Waals surface area contributed by atoms with Crippen molar-refractivity contribution in [2.45, 2.75) is 164 Å². The Morgan fingerprint density at radius 2 is 1.68 bits per heavy atom. The van der Waals surface area contributed by atoms with Crippen molar-refractivity contribution in [3.8, 4) is 0 Å². The number of carbonyl (C=O) groups is 1. The Hall–Kier alpha value is -1.03. The molecule has 40 heavy (non-hydrogen) atoms. The number of carbonyl (C=O) groups excluding carboxylic acids is 1. The van der Waals surface area contributed by atoms with E-state index < -0.39 is 6.16 Å². The van der Waals surface area contributed by atoms with Crippen LogP contribution in [0.1, 0.15) is 146 Å². The summed E-state index contributed by atoms with van der Waals surface area (Å²) in [6.07, 6.45) is 17.8. The quantitative estimate of drug-likeness (QED) is 0.225. The van der Waals surface area contributed by atoms with Crippen LogP contribution in [0.5, 0.6) is 0 Å². The monoisotopic (exact) mass is 560 g/mol. The van der Waals surface area contributed by atoms with Gasteiger partial charge in [0.05, 0.1) is 6.10 Å². The van der Waals surface area contributed by atoms with Crippen LogP contribution in [0.3, 0.4) is 0 Å². The summed E-state index contributed by atoms with van der Waals surface area (Å²) in [5.41, 5.74) is 2.41. The molecule has 0 aromatic rings. The van der Waals surface area contributed by atoms with Crippen LogP contribution in [0.25, 0.3) is 0 Å². The van der Waals surface area contributed by atoms with Crippen molar-refractivity contribution in [3.63, 3.8) is 0 Å². The second-order valence-electron chi connectivity index (χ2n) is 15.1. The largest absolute Gasteiger partial charge is 0.508 e. The first-order chi connectivity index (χ1) is 18.8. The number of hydrogen-bond acceptors (Lipinski definition) is 4. The minimum absolute atomic E-state index is 0.0150. The summed E-state index contributed by atoms with van der Waals surface area (Å²) in [6.45, 7) is 20.2. The van der Waals surface area contributed by atoms with E-state index in [1.807, 2.05) is 20.8 Å². The van der Waals surface area contributed by atoms with Crippen molar-refractivity contribution < 1.29 is 19.4 Å². The fraction of sp³-hybridized carbons (Fsp3) is 0.917. The van der Waals surface area contributed by atoms with Crippen molar-refractivity contribution in [1.29, 1.82) is 0 Å². The van der Waals surface area contributed by atoms with Gasteiger partial charge in [-0.2, -0.15) is 0 Å². The lowest BCUT2D eigenvalue weighted by molar-refractivity contribution is -0.0634. The van der Waals surface area contributed by atoms with Crippen LogP contribution >= 0.6 is 0 Å². The molecular weight excluding hydrogens is 496 g/mol. The van der Waals surface area contributed by atoms with Crippen LogP contribution in [-0.4, -0.2) is 29.6 Å². The van der Waals surface area contributed by atoms with Gasteiger partial charge in [0.15, 0.2) is 0 Å². The number of ether oxygens (including phenoxy) is 2. The van der Waals surface area contributed by atoms with Crippen LogP contribution in [0.15, 0.2) is 11.6 Å². The average Bonchev–Trinajstić information content (AvgIpc) is 3.26. The van der Waals surface area contributed by atoms with E-state index in [1.54, 1.807) is 12.5 Å². The molecule has 0 aliphatic heterocycles. The van der Waals surface area contributed by atoms with Crippen LogP contribution in [0.4, 0.5) is 4.79 Å². The summed E-state index contributed by atoms with van der Waals surface area (Å²) in [7, 11) is 0. The highest BCUT2D eigenvalue weighted by Gasteiger charge is 2.59. The van der Waals surface area contributed by atoms with E-state index in [9.17, 15) is 4.79 Å². The molecule has 4 rings (SSSR count). The van der Waals surface area contributed by atoms with Crippen LogP contribution < -0.4 is 0 Å². The Kier molecular flexibility index (Phi) is 12.1. The summed E-state index contributed by atoms with van der Waals surface area (Å²) in [5.74, 6) is 5.17. The van der Waals surface area contributed by atoms with E-state index in [1.165, 1.54) is 51.4 Å². The van der Waals surface area contributed by atoms with E-state index in [-0.39, 0.29) is 18.3 Å². The molecule has 10 unspecified atom stereocenters. The summed E-state index contributed by atoms with van der Waals surface area (Å²) >= 11 is 0. The first-order valence-corrected chi connectivity index (χ1v) is 17.1. The summed E-state index contributed by atoms with van der Waals surface area (Å²) in [5, 5.41) is 8.36. The highest BCUT2D eigenvalue weighted by atomic mass is 16.7. The Balaban J connectivity index is 0.000000810. The minimum Gasteiger partial charge on any atom is -0.431 e. The molecule has 1 N–H and O–H groups in total. The molecule has 0 amide bonds. The van der Waals surface area contributed by atoms with Gasteiger partial charge in [-0.15, -0.1) is 0 Å². The molecule has 0 radical (unpaired) electrons. The Labute approximate surface area is 247 Å². The van der Waals surface area contributed by atoms with Gasteiger partial charge < -0.3 is 14.6 Å². The molecule has 232 valence electrons. The Morgan fingerprint density at radius 1 is 0.975 bits per heavy atom. The molecule has 4 nitrogen and oxygen atoms in total. The maximum Gasteiger partial charge on any atom is 0.508 e. The zero-order valence-electron chi connectivity index (χ0n) is 27.6. The smallest absolute Gasteiger partial charge is 0.431 e. The Bertz CT molecular complexity index is 833. The molecule has 0 aromatic heterocycles. The SMILES string of the molecule is CCC(C)O.CCC(C)OC(=O)OC1CCC2(C)C(=CCC3C2CCC2(C)C(C(C)CCCC(C)C)CCC32)C1. The number of hydrogen-bond donors (Lipinski definition) is 1. The third-order valence-corrected chi connectivity index (χ3v) is 12.0. The molecule has 3 saturated carbocycles. The second kappa shape index (κ2) is 14.4. The minimum atomic E-state index is -0.477. The van der Waals surface area contributed by atoms with Crippen LogP contribution in [0.2, 0.25) is 0 Å². The average molecular weight is 561 g/mol. The predicted molar refractivity (Wildman–Crippen MR) is 166 cm³/mol. The van der Waals surface area contributed by atoms with Gasteiger partial charge in [0, 0.05) is 6.42 Å². The normalized spacial score (nSPS) is 37.1. The van der Waals surface area contributed by atoms with Crippen molar-refractivity contribution in [2.24, 2.45) is 46.3 Å². The fourth-order valence-corrected chi connectivity index (χ4v) is 9.16. The molecule has 0 aromatic carbocycles. The van der Waals surface area contributed by atoms with Gasteiger partial charge in [-0.3, -0.25) is 0 Å². The summed E-state index contributed by atoms with van der Waals surface area (Å²) in [6, 6.07) is 0. The molecule has 4 heteroatoms. The molecule has 4 aliphatic carbocycles. The maximum atomic E-state index is 12.2. The molecule has 0 bridgehead atoms. The molecule has 3 fully saturated rings. The highest BCUT2D eigenvalue weighted by molar-refractivity contribution is 5.60. The summed E-state index contributed by atoms with van der Waals surface area (Å²) < 4.78 is 11.2. The first kappa shape index (κ1) is 33.5. The zero-order valence-corrected chi connectivity index (χ0v) is 27.6. The van der Waals surface area contributed by atoms with Crippen molar-refractivity contribution >= 4 is 6.16 Å². The van der Waals surface area contributed by atoms with Gasteiger partial charge >= 0.3 is 6.16 Å². The van der Waals surface area contributed by atoms with E-state index in [0.29, 0.717) is 10.8 Å². The van der Waals surface area contributed by atoms with Gasteiger partial charge in [-0.05, 0) is 118 Å². The number of allylic oxidation sites excluding steroid dienone is 1. The zero-order chi connectivity index (χ0) is 29.7. The van der Waals surface area contributed by atoms with E-state index in [4.69, 9.17) is 14.6 Å². The lowest BCUT2D eigenvalue weighted by atomic mass is 9.47. The maximum absolute atomic E-state index is 12.2. The first-order valence-electron chi connectivity index (χ1n) is 17.1. The van der Waals surface area contributed by atoms with Gasteiger partial charge in [-0.25, -0.2) is 4.79 Å². The third kappa shape index (κ3) is 7.67.